The molecule has 0 saturated heterocycles. The van der Waals surface area contributed by atoms with Crippen molar-refractivity contribution in [1.82, 2.24) is 15.0 Å². The average Bonchev–Trinajstić information content (AvgIpc) is 2.53. The highest BCUT2D eigenvalue weighted by Gasteiger charge is 2.06. The fourth-order valence-electron chi connectivity index (χ4n) is 1.97. The summed E-state index contributed by atoms with van der Waals surface area (Å²) in [6, 6.07) is 13.5. The van der Waals surface area contributed by atoms with E-state index in [4.69, 9.17) is 11.6 Å². The summed E-state index contributed by atoms with van der Waals surface area (Å²) in [5.74, 6) is 1.23. The van der Waals surface area contributed by atoms with Crippen LogP contribution in [0.25, 0.3) is 11.4 Å². The quantitative estimate of drug-likeness (QED) is 0.679. The van der Waals surface area contributed by atoms with Gasteiger partial charge in [0, 0.05) is 35.0 Å². The minimum absolute atomic E-state index is 0.394. The lowest BCUT2D eigenvalue weighted by molar-refractivity contribution is 1.08. The van der Waals surface area contributed by atoms with Crippen LogP contribution in [0.1, 0.15) is 5.56 Å². The number of nitrogens with zero attached hydrogens (tertiary/aromatic N) is 3. The van der Waals surface area contributed by atoms with Crippen molar-refractivity contribution < 1.29 is 0 Å². The first kappa shape index (κ1) is 14.9. The Morgan fingerprint density at radius 2 is 2.00 bits per heavy atom. The summed E-state index contributed by atoms with van der Waals surface area (Å²) in [4.78, 5) is 12.8. The molecule has 0 unspecified atom stereocenters. The Labute approximate surface area is 141 Å². The lowest BCUT2D eigenvalue weighted by Crippen LogP contribution is -2.03. The minimum Gasteiger partial charge on any atom is -0.366 e. The molecule has 0 saturated carbocycles. The van der Waals surface area contributed by atoms with Crippen molar-refractivity contribution in [2.75, 3.05) is 5.32 Å². The molecule has 2 heterocycles. The van der Waals surface area contributed by atoms with E-state index >= 15 is 0 Å². The van der Waals surface area contributed by atoms with Crippen LogP contribution in [0.4, 0.5) is 5.82 Å². The molecular formula is C16H12BrClN4. The van der Waals surface area contributed by atoms with Gasteiger partial charge in [-0.2, -0.15) is 0 Å². The zero-order valence-electron chi connectivity index (χ0n) is 11.5. The third-order valence-electron chi connectivity index (χ3n) is 2.98. The molecule has 0 spiro atoms. The molecule has 0 radical (unpaired) electrons. The van der Waals surface area contributed by atoms with Gasteiger partial charge >= 0.3 is 0 Å². The van der Waals surface area contributed by atoms with Gasteiger partial charge in [0.2, 0.25) is 0 Å². The van der Waals surface area contributed by atoms with Gasteiger partial charge in [-0.3, -0.25) is 4.98 Å². The van der Waals surface area contributed by atoms with Crippen LogP contribution in [0.5, 0.6) is 0 Å². The molecule has 0 bridgehead atoms. The summed E-state index contributed by atoms with van der Waals surface area (Å²) >= 11 is 9.55. The van der Waals surface area contributed by atoms with E-state index in [0.29, 0.717) is 23.3 Å². The van der Waals surface area contributed by atoms with Crippen LogP contribution in [-0.2, 0) is 6.54 Å². The number of anilines is 1. The van der Waals surface area contributed by atoms with Gasteiger partial charge in [-0.25, -0.2) is 9.97 Å². The molecule has 0 aliphatic carbocycles. The van der Waals surface area contributed by atoms with Crippen LogP contribution in [0.2, 0.25) is 5.15 Å². The van der Waals surface area contributed by atoms with E-state index in [1.165, 1.54) is 0 Å². The first-order chi connectivity index (χ1) is 10.7. The number of benzene rings is 1. The topological polar surface area (TPSA) is 50.7 Å². The lowest BCUT2D eigenvalue weighted by Gasteiger charge is -2.08. The monoisotopic (exact) mass is 374 g/mol. The minimum atomic E-state index is 0.394. The van der Waals surface area contributed by atoms with Crippen molar-refractivity contribution in [1.29, 1.82) is 0 Å². The molecule has 0 atom stereocenters. The Kier molecular flexibility index (Phi) is 4.65. The maximum atomic E-state index is 6.09. The predicted octanol–water partition coefficient (Wildman–Crippen LogP) is 4.57. The van der Waals surface area contributed by atoms with Gasteiger partial charge in [-0.05, 0) is 29.8 Å². The number of rotatable bonds is 4. The zero-order chi connectivity index (χ0) is 15.4. The van der Waals surface area contributed by atoms with E-state index < -0.39 is 0 Å². The third kappa shape index (κ3) is 3.81. The summed E-state index contributed by atoms with van der Waals surface area (Å²) < 4.78 is 1.04. The number of halogens is 2. The molecule has 110 valence electrons. The fourth-order valence-corrected chi connectivity index (χ4v) is 2.60. The van der Waals surface area contributed by atoms with Crippen molar-refractivity contribution in [3.05, 3.63) is 70.0 Å². The first-order valence-corrected chi connectivity index (χ1v) is 7.81. The molecule has 0 fully saturated rings. The van der Waals surface area contributed by atoms with Crippen LogP contribution in [-0.4, -0.2) is 15.0 Å². The number of aromatic nitrogens is 3. The van der Waals surface area contributed by atoms with Gasteiger partial charge in [0.05, 0.1) is 0 Å². The highest BCUT2D eigenvalue weighted by molar-refractivity contribution is 9.10. The van der Waals surface area contributed by atoms with Gasteiger partial charge in [-0.1, -0.05) is 39.7 Å². The zero-order valence-corrected chi connectivity index (χ0v) is 13.8. The molecule has 4 nitrogen and oxygen atoms in total. The molecule has 22 heavy (non-hydrogen) atoms. The highest BCUT2D eigenvalue weighted by atomic mass is 79.9. The van der Waals surface area contributed by atoms with E-state index in [2.05, 4.69) is 42.3 Å². The van der Waals surface area contributed by atoms with Gasteiger partial charge in [0.25, 0.3) is 0 Å². The van der Waals surface area contributed by atoms with Gasteiger partial charge < -0.3 is 5.32 Å². The van der Waals surface area contributed by atoms with Gasteiger partial charge in [0.15, 0.2) is 5.82 Å². The second kappa shape index (κ2) is 6.85. The summed E-state index contributed by atoms with van der Waals surface area (Å²) in [5, 5.41) is 3.66. The molecule has 1 aromatic carbocycles. The predicted molar refractivity (Wildman–Crippen MR) is 91.7 cm³/mol. The standard InChI is InChI=1S/C16H12BrClN4/c17-13-5-1-3-11(7-13)9-20-15-8-14(18)21-16(22-15)12-4-2-6-19-10-12/h1-8,10H,9H2,(H,20,21,22). The van der Waals surface area contributed by atoms with Crippen LogP contribution < -0.4 is 5.32 Å². The SMILES string of the molecule is Clc1cc(NCc2cccc(Br)c2)nc(-c2cccnc2)n1. The third-order valence-corrected chi connectivity index (χ3v) is 3.66. The Balaban J connectivity index is 1.81. The number of hydrogen-bond donors (Lipinski definition) is 1. The molecule has 2 aromatic heterocycles. The summed E-state index contributed by atoms with van der Waals surface area (Å²) in [7, 11) is 0. The van der Waals surface area contributed by atoms with Crippen LogP contribution in [0.3, 0.4) is 0 Å². The van der Waals surface area contributed by atoms with Crippen molar-refractivity contribution in [3.63, 3.8) is 0 Å². The molecule has 0 aliphatic rings. The van der Waals surface area contributed by atoms with Crippen molar-refractivity contribution in [2.45, 2.75) is 6.54 Å². The van der Waals surface area contributed by atoms with Crippen LogP contribution >= 0.6 is 27.5 Å². The molecular weight excluding hydrogens is 364 g/mol. The number of nitrogens with one attached hydrogen (secondary N) is 1. The Morgan fingerprint density at radius 1 is 1.09 bits per heavy atom. The number of hydrogen-bond acceptors (Lipinski definition) is 4. The highest BCUT2D eigenvalue weighted by Crippen LogP contribution is 2.20. The molecule has 6 heteroatoms. The first-order valence-electron chi connectivity index (χ1n) is 6.64. The number of pyridine rings is 1. The lowest BCUT2D eigenvalue weighted by atomic mass is 10.2. The van der Waals surface area contributed by atoms with E-state index in [9.17, 15) is 0 Å². The maximum absolute atomic E-state index is 6.09. The second-order valence-electron chi connectivity index (χ2n) is 4.62. The van der Waals surface area contributed by atoms with Crippen LogP contribution in [0.15, 0.2) is 59.3 Å². The smallest absolute Gasteiger partial charge is 0.164 e. The molecule has 3 aromatic rings. The summed E-state index contributed by atoms with van der Waals surface area (Å²) in [6.07, 6.45) is 3.42. The van der Waals surface area contributed by atoms with Crippen molar-refractivity contribution in [3.8, 4) is 11.4 Å². The normalized spacial score (nSPS) is 10.5. The summed E-state index contributed by atoms with van der Waals surface area (Å²) in [6.45, 7) is 0.652. The molecule has 0 amide bonds. The molecule has 1 N–H and O–H groups in total. The van der Waals surface area contributed by atoms with Crippen molar-refractivity contribution in [2.24, 2.45) is 0 Å². The molecule has 0 aliphatic heterocycles. The Morgan fingerprint density at radius 3 is 2.77 bits per heavy atom. The average molecular weight is 376 g/mol. The van der Waals surface area contributed by atoms with Crippen LogP contribution in [0, 0.1) is 0 Å². The molecule has 3 rings (SSSR count). The fraction of sp³-hybridized carbons (Fsp3) is 0.0625. The van der Waals surface area contributed by atoms with E-state index in [0.717, 1.165) is 15.6 Å². The van der Waals surface area contributed by atoms with Gasteiger partial charge in [0.1, 0.15) is 11.0 Å². The summed E-state index contributed by atoms with van der Waals surface area (Å²) in [5.41, 5.74) is 1.97. The van der Waals surface area contributed by atoms with E-state index in [1.807, 2.05) is 30.3 Å². The largest absolute Gasteiger partial charge is 0.366 e. The maximum Gasteiger partial charge on any atom is 0.164 e. The Hall–Kier alpha value is -1.98. The van der Waals surface area contributed by atoms with E-state index in [1.54, 1.807) is 18.5 Å². The Bertz CT molecular complexity index is 780. The second-order valence-corrected chi connectivity index (χ2v) is 5.93. The van der Waals surface area contributed by atoms with Gasteiger partial charge in [-0.15, -0.1) is 0 Å². The van der Waals surface area contributed by atoms with E-state index in [-0.39, 0.29) is 0 Å². The van der Waals surface area contributed by atoms with Crippen molar-refractivity contribution >= 4 is 33.3 Å².